The Morgan fingerprint density at radius 1 is 0.852 bits per heavy atom. The number of anilines is 2. The van der Waals surface area contributed by atoms with Gasteiger partial charge in [-0.3, -0.25) is 4.79 Å². The van der Waals surface area contributed by atoms with Gasteiger partial charge in [-0.2, -0.15) is 0 Å². The van der Waals surface area contributed by atoms with E-state index in [0.29, 0.717) is 17.2 Å². The molecule has 6 heteroatoms. The molecule has 0 heterocycles. The van der Waals surface area contributed by atoms with Crippen molar-refractivity contribution in [3.05, 3.63) is 84.4 Å². The maximum atomic E-state index is 13.6. The number of rotatable bonds is 7. The lowest BCUT2D eigenvalue weighted by Gasteiger charge is -2.13. The maximum absolute atomic E-state index is 13.6. The van der Waals surface area contributed by atoms with E-state index in [9.17, 15) is 13.6 Å². The van der Waals surface area contributed by atoms with Gasteiger partial charge in [0.05, 0.1) is 5.69 Å². The summed E-state index contributed by atoms with van der Waals surface area (Å²) in [5, 5.41) is 5.37. The van der Waals surface area contributed by atoms with Crippen molar-refractivity contribution in [3.63, 3.8) is 0 Å². The van der Waals surface area contributed by atoms with Crippen molar-refractivity contribution in [1.82, 2.24) is 0 Å². The molecule has 27 heavy (non-hydrogen) atoms. The van der Waals surface area contributed by atoms with Crippen molar-refractivity contribution >= 4 is 17.3 Å². The second-order valence-corrected chi connectivity index (χ2v) is 5.73. The van der Waals surface area contributed by atoms with Crippen LogP contribution in [0.15, 0.2) is 72.8 Å². The first-order valence-corrected chi connectivity index (χ1v) is 8.43. The molecule has 1 amide bonds. The van der Waals surface area contributed by atoms with Crippen LogP contribution in [0.3, 0.4) is 0 Å². The number of halogens is 2. The van der Waals surface area contributed by atoms with E-state index in [1.165, 1.54) is 6.07 Å². The third-order valence-electron chi connectivity index (χ3n) is 3.75. The first kappa shape index (κ1) is 18.4. The van der Waals surface area contributed by atoms with Crippen LogP contribution in [0.1, 0.15) is 6.42 Å². The van der Waals surface area contributed by atoms with Crippen LogP contribution >= 0.6 is 0 Å². The average molecular weight is 368 g/mol. The molecule has 0 spiro atoms. The summed E-state index contributed by atoms with van der Waals surface area (Å²) < 4.78 is 32.9. The quantitative estimate of drug-likeness (QED) is 0.603. The van der Waals surface area contributed by atoms with Crippen molar-refractivity contribution < 1.29 is 18.3 Å². The Balaban J connectivity index is 1.58. The summed E-state index contributed by atoms with van der Waals surface area (Å²) >= 11 is 0. The van der Waals surface area contributed by atoms with Crippen LogP contribution in [0.2, 0.25) is 0 Å². The third-order valence-corrected chi connectivity index (χ3v) is 3.75. The van der Waals surface area contributed by atoms with Gasteiger partial charge in [-0.1, -0.05) is 36.4 Å². The summed E-state index contributed by atoms with van der Waals surface area (Å²) in [5.41, 5.74) is 0.279. The highest BCUT2D eigenvalue weighted by atomic mass is 19.1. The fraction of sp³-hybridized carbons (Fsp3) is 0.0952. The van der Waals surface area contributed by atoms with Crippen LogP contribution in [0.5, 0.6) is 11.5 Å². The Morgan fingerprint density at radius 3 is 2.26 bits per heavy atom. The van der Waals surface area contributed by atoms with Crippen molar-refractivity contribution in [3.8, 4) is 11.5 Å². The molecule has 2 N–H and O–H groups in total. The van der Waals surface area contributed by atoms with Gasteiger partial charge in [0.2, 0.25) is 5.91 Å². The van der Waals surface area contributed by atoms with Crippen LogP contribution in [0.25, 0.3) is 0 Å². The molecule has 3 aromatic rings. The van der Waals surface area contributed by atoms with E-state index in [2.05, 4.69) is 10.6 Å². The SMILES string of the molecule is O=C(CCNc1c(F)cccc1F)Nc1ccccc1Oc1ccccc1. The van der Waals surface area contributed by atoms with Crippen molar-refractivity contribution in [2.45, 2.75) is 6.42 Å². The van der Waals surface area contributed by atoms with E-state index in [1.54, 1.807) is 24.3 Å². The Bertz CT molecular complexity index is 897. The van der Waals surface area contributed by atoms with Crippen molar-refractivity contribution in [2.24, 2.45) is 0 Å². The molecule has 0 aromatic heterocycles. The highest BCUT2D eigenvalue weighted by Gasteiger charge is 2.11. The molecule has 0 saturated heterocycles. The summed E-state index contributed by atoms with van der Waals surface area (Å²) in [6.07, 6.45) is 0.0352. The van der Waals surface area contributed by atoms with Crippen LogP contribution in [0.4, 0.5) is 20.2 Å². The summed E-state index contributed by atoms with van der Waals surface area (Å²) in [6, 6.07) is 19.8. The average Bonchev–Trinajstić information content (AvgIpc) is 2.66. The Labute approximate surface area is 155 Å². The van der Waals surface area contributed by atoms with Crippen LogP contribution in [0, 0.1) is 11.6 Å². The van der Waals surface area contributed by atoms with Crippen LogP contribution in [-0.4, -0.2) is 12.5 Å². The van der Waals surface area contributed by atoms with Crippen molar-refractivity contribution in [1.29, 1.82) is 0 Å². The lowest BCUT2D eigenvalue weighted by atomic mass is 10.2. The van der Waals surface area contributed by atoms with Gasteiger partial charge in [0.15, 0.2) is 5.75 Å². The fourth-order valence-corrected chi connectivity index (χ4v) is 2.45. The second-order valence-electron chi connectivity index (χ2n) is 5.73. The lowest BCUT2D eigenvalue weighted by Crippen LogP contribution is -2.17. The first-order chi connectivity index (χ1) is 13.1. The molecule has 138 valence electrons. The topological polar surface area (TPSA) is 50.4 Å². The molecule has 0 unspecified atom stereocenters. The predicted octanol–water partition coefficient (Wildman–Crippen LogP) is 5.20. The summed E-state index contributed by atoms with van der Waals surface area (Å²) in [7, 11) is 0. The van der Waals surface area contributed by atoms with E-state index in [-0.39, 0.29) is 24.6 Å². The zero-order valence-corrected chi connectivity index (χ0v) is 14.4. The van der Waals surface area contributed by atoms with E-state index in [4.69, 9.17) is 4.74 Å². The zero-order chi connectivity index (χ0) is 19.1. The smallest absolute Gasteiger partial charge is 0.226 e. The van der Waals surface area contributed by atoms with Crippen LogP contribution < -0.4 is 15.4 Å². The van der Waals surface area contributed by atoms with E-state index in [0.717, 1.165) is 12.1 Å². The molecule has 3 rings (SSSR count). The number of para-hydroxylation sites is 4. The summed E-state index contributed by atoms with van der Waals surface area (Å²) in [5.74, 6) is -0.543. The van der Waals surface area contributed by atoms with Gasteiger partial charge in [-0.05, 0) is 36.4 Å². The standard InChI is InChI=1S/C21H18F2N2O2/c22-16-9-6-10-17(23)21(16)24-14-13-20(26)25-18-11-4-5-12-19(18)27-15-7-2-1-3-8-15/h1-12,24H,13-14H2,(H,25,26). The number of carbonyl (C=O) groups excluding carboxylic acids is 1. The highest BCUT2D eigenvalue weighted by Crippen LogP contribution is 2.29. The highest BCUT2D eigenvalue weighted by molar-refractivity contribution is 5.92. The Hall–Kier alpha value is -3.41. The van der Waals surface area contributed by atoms with Gasteiger partial charge in [-0.25, -0.2) is 8.78 Å². The minimum absolute atomic E-state index is 0.0352. The monoisotopic (exact) mass is 368 g/mol. The minimum Gasteiger partial charge on any atom is -0.455 e. The van der Waals surface area contributed by atoms with E-state index in [1.807, 2.05) is 30.3 Å². The predicted molar refractivity (Wildman–Crippen MR) is 101 cm³/mol. The number of ether oxygens (including phenoxy) is 1. The molecule has 0 aliphatic heterocycles. The molecule has 0 atom stereocenters. The number of benzene rings is 3. The third kappa shape index (κ3) is 5.04. The number of carbonyl (C=O) groups is 1. The molecule has 0 radical (unpaired) electrons. The molecular weight excluding hydrogens is 350 g/mol. The molecule has 3 aromatic carbocycles. The molecular formula is C21H18F2N2O2. The molecule has 0 aliphatic carbocycles. The largest absolute Gasteiger partial charge is 0.455 e. The van der Waals surface area contributed by atoms with Crippen molar-refractivity contribution in [2.75, 3.05) is 17.2 Å². The Morgan fingerprint density at radius 2 is 1.52 bits per heavy atom. The molecule has 0 fully saturated rings. The molecule has 0 saturated carbocycles. The first-order valence-electron chi connectivity index (χ1n) is 8.43. The number of hydrogen-bond donors (Lipinski definition) is 2. The van der Waals surface area contributed by atoms with Gasteiger partial charge >= 0.3 is 0 Å². The van der Waals surface area contributed by atoms with Gasteiger partial charge in [0, 0.05) is 13.0 Å². The fourth-order valence-electron chi connectivity index (χ4n) is 2.45. The van der Waals surface area contributed by atoms with E-state index >= 15 is 0 Å². The van der Waals surface area contributed by atoms with Gasteiger partial charge in [-0.15, -0.1) is 0 Å². The Kier molecular flexibility index (Phi) is 5.99. The number of amides is 1. The van der Waals surface area contributed by atoms with Gasteiger partial charge in [0.25, 0.3) is 0 Å². The second kappa shape index (κ2) is 8.80. The summed E-state index contributed by atoms with van der Waals surface area (Å²) in [6.45, 7) is 0.0887. The summed E-state index contributed by atoms with van der Waals surface area (Å²) in [4.78, 5) is 12.2. The molecule has 4 nitrogen and oxygen atoms in total. The van der Waals surface area contributed by atoms with Gasteiger partial charge in [0.1, 0.15) is 23.1 Å². The number of hydrogen-bond acceptors (Lipinski definition) is 3. The zero-order valence-electron chi connectivity index (χ0n) is 14.4. The van der Waals surface area contributed by atoms with Crippen LogP contribution in [-0.2, 0) is 4.79 Å². The maximum Gasteiger partial charge on any atom is 0.226 e. The van der Waals surface area contributed by atoms with Gasteiger partial charge < -0.3 is 15.4 Å². The lowest BCUT2D eigenvalue weighted by molar-refractivity contribution is -0.116. The number of nitrogens with one attached hydrogen (secondary N) is 2. The normalized spacial score (nSPS) is 10.3. The minimum atomic E-state index is -0.697. The van der Waals surface area contributed by atoms with E-state index < -0.39 is 11.6 Å². The molecule has 0 aliphatic rings. The molecule has 0 bridgehead atoms.